The number of furan rings is 1. The quantitative estimate of drug-likeness (QED) is 0.545. The van der Waals surface area contributed by atoms with E-state index in [0.717, 1.165) is 22.3 Å². The van der Waals surface area contributed by atoms with Crippen molar-refractivity contribution >= 4 is 33.0 Å². The third-order valence-corrected chi connectivity index (χ3v) is 7.74. The van der Waals surface area contributed by atoms with Crippen LogP contribution in [0.4, 0.5) is 0 Å². The number of benzene rings is 2. The zero-order valence-corrected chi connectivity index (χ0v) is 19.2. The summed E-state index contributed by atoms with van der Waals surface area (Å²) in [6.07, 6.45) is 2.62. The number of nitrogens with zero attached hydrogens (tertiary/aromatic N) is 2. The molecule has 1 unspecified atom stereocenters. The van der Waals surface area contributed by atoms with E-state index in [4.69, 9.17) is 4.42 Å². The van der Waals surface area contributed by atoms with E-state index in [1.165, 1.54) is 9.71 Å². The van der Waals surface area contributed by atoms with Crippen molar-refractivity contribution in [2.45, 2.75) is 25.8 Å². The number of hydrogen-bond donors (Lipinski definition) is 0. The van der Waals surface area contributed by atoms with Crippen LogP contribution < -0.4 is 0 Å². The zero-order chi connectivity index (χ0) is 22.7. The summed E-state index contributed by atoms with van der Waals surface area (Å²) in [4.78, 5) is 14.8. The average Bonchev–Trinajstić information content (AvgIpc) is 3.26. The molecular weight excluding hydrogens is 424 g/mol. The van der Waals surface area contributed by atoms with Gasteiger partial charge in [0.05, 0.1) is 6.04 Å². The number of carbonyl (C=O) groups is 1. The molecule has 0 aliphatic carbocycles. The molecule has 4 rings (SSSR count). The Kier molecular flexibility index (Phi) is 6.48. The minimum atomic E-state index is -3.51. The number of fused-ring (bicyclic) bond motifs is 1. The van der Waals surface area contributed by atoms with Crippen LogP contribution in [0.1, 0.15) is 37.1 Å². The number of para-hydroxylation sites is 1. The van der Waals surface area contributed by atoms with Gasteiger partial charge >= 0.3 is 0 Å². The fourth-order valence-electron chi connectivity index (χ4n) is 4.05. The average molecular weight is 453 g/mol. The monoisotopic (exact) mass is 452 g/mol. The van der Waals surface area contributed by atoms with Crippen molar-refractivity contribution in [3.05, 3.63) is 77.4 Å². The molecule has 0 spiro atoms. The molecular formula is C25H28N2O4S. The van der Waals surface area contributed by atoms with Gasteiger partial charge in [-0.1, -0.05) is 48.5 Å². The molecule has 1 fully saturated rings. The Bertz CT molecular complexity index is 1180. The number of carbonyl (C=O) groups excluding carboxylic acids is 1. The van der Waals surface area contributed by atoms with E-state index >= 15 is 0 Å². The van der Waals surface area contributed by atoms with Gasteiger partial charge < -0.3 is 9.32 Å². The van der Waals surface area contributed by atoms with Gasteiger partial charge in [0.1, 0.15) is 11.3 Å². The fraction of sp³-hybridized carbons (Fsp3) is 0.320. The molecule has 168 valence electrons. The van der Waals surface area contributed by atoms with Gasteiger partial charge in [-0.15, -0.1) is 0 Å². The first kappa shape index (κ1) is 22.3. The summed E-state index contributed by atoms with van der Waals surface area (Å²) in [5.41, 5.74) is 1.64. The predicted octanol–water partition coefficient (Wildman–Crippen LogP) is 4.66. The van der Waals surface area contributed by atoms with Gasteiger partial charge in [0.15, 0.2) is 0 Å². The van der Waals surface area contributed by atoms with E-state index in [0.29, 0.717) is 25.9 Å². The summed E-state index contributed by atoms with van der Waals surface area (Å²) >= 11 is 0. The highest BCUT2D eigenvalue weighted by Gasteiger charge is 2.33. The standard InChI is InChI=1S/C25H28N2O4S/c1-19(24-18-22-10-6-7-11-23(22)31-24)26(2)25(28)21-12-15-27(16-13-21)32(29,30)17-14-20-8-4-3-5-9-20/h3-11,14,17-19,21H,12-13,15-16H2,1-2H3/b17-14+. The van der Waals surface area contributed by atoms with Crippen LogP contribution in [-0.4, -0.2) is 43.7 Å². The lowest BCUT2D eigenvalue weighted by Crippen LogP contribution is -2.43. The maximum absolute atomic E-state index is 13.1. The van der Waals surface area contributed by atoms with E-state index < -0.39 is 10.0 Å². The molecule has 1 aliphatic rings. The van der Waals surface area contributed by atoms with E-state index in [9.17, 15) is 13.2 Å². The first-order valence-corrected chi connectivity index (χ1v) is 12.3. The summed E-state index contributed by atoms with van der Waals surface area (Å²) < 4.78 is 32.7. The highest BCUT2D eigenvalue weighted by Crippen LogP contribution is 2.29. The molecule has 2 heterocycles. The highest BCUT2D eigenvalue weighted by atomic mass is 32.2. The minimum Gasteiger partial charge on any atom is -0.459 e. The van der Waals surface area contributed by atoms with Crippen molar-refractivity contribution in [3.8, 4) is 0 Å². The number of amides is 1. The molecule has 1 saturated heterocycles. The normalized spacial score (nSPS) is 17.1. The van der Waals surface area contributed by atoms with Gasteiger partial charge in [-0.05, 0) is 43.5 Å². The molecule has 1 aliphatic heterocycles. The smallest absolute Gasteiger partial charge is 0.236 e. The van der Waals surface area contributed by atoms with Crippen LogP contribution in [0.2, 0.25) is 0 Å². The van der Waals surface area contributed by atoms with Crippen LogP contribution in [0.3, 0.4) is 0 Å². The maximum atomic E-state index is 13.1. The minimum absolute atomic E-state index is 0.0230. The Labute approximate surface area is 189 Å². The molecule has 32 heavy (non-hydrogen) atoms. The van der Waals surface area contributed by atoms with Gasteiger partial charge in [-0.3, -0.25) is 4.79 Å². The maximum Gasteiger partial charge on any atom is 0.236 e. The van der Waals surface area contributed by atoms with Gasteiger partial charge in [-0.2, -0.15) is 4.31 Å². The van der Waals surface area contributed by atoms with Gasteiger partial charge in [0, 0.05) is 36.8 Å². The van der Waals surface area contributed by atoms with Crippen LogP contribution in [0.15, 0.2) is 70.5 Å². The molecule has 0 radical (unpaired) electrons. The topological polar surface area (TPSA) is 70.8 Å². The molecule has 0 saturated carbocycles. The third-order valence-electron chi connectivity index (χ3n) is 6.18. The van der Waals surface area contributed by atoms with Crippen LogP contribution in [0.5, 0.6) is 0 Å². The lowest BCUT2D eigenvalue weighted by molar-refractivity contribution is -0.137. The number of sulfonamides is 1. The Hall–Kier alpha value is -2.90. The molecule has 7 heteroatoms. The number of piperidine rings is 1. The lowest BCUT2D eigenvalue weighted by atomic mass is 9.96. The SMILES string of the molecule is CC(c1cc2ccccc2o1)N(C)C(=O)C1CCN(S(=O)(=O)/C=C/c2ccccc2)CC1. The van der Waals surface area contributed by atoms with Crippen LogP contribution in [0.25, 0.3) is 17.0 Å². The van der Waals surface area contributed by atoms with E-state index in [1.54, 1.807) is 18.0 Å². The van der Waals surface area contributed by atoms with Crippen molar-refractivity contribution in [1.29, 1.82) is 0 Å². The number of rotatable bonds is 6. The Balaban J connectivity index is 1.36. The van der Waals surface area contributed by atoms with Crippen molar-refractivity contribution < 1.29 is 17.6 Å². The molecule has 0 bridgehead atoms. The van der Waals surface area contributed by atoms with E-state index in [-0.39, 0.29) is 17.9 Å². The lowest BCUT2D eigenvalue weighted by Gasteiger charge is -2.33. The summed E-state index contributed by atoms with van der Waals surface area (Å²) in [6.45, 7) is 2.62. The summed E-state index contributed by atoms with van der Waals surface area (Å²) in [6, 6.07) is 18.9. The van der Waals surface area contributed by atoms with E-state index in [1.807, 2.05) is 67.6 Å². The summed E-state index contributed by atoms with van der Waals surface area (Å²) in [7, 11) is -1.73. The highest BCUT2D eigenvalue weighted by molar-refractivity contribution is 7.92. The van der Waals surface area contributed by atoms with Gasteiger partial charge in [0.25, 0.3) is 0 Å². The molecule has 6 nitrogen and oxygen atoms in total. The number of hydrogen-bond acceptors (Lipinski definition) is 4. The van der Waals surface area contributed by atoms with Gasteiger partial charge in [0.2, 0.25) is 15.9 Å². The first-order valence-electron chi connectivity index (χ1n) is 10.8. The molecule has 2 aromatic carbocycles. The predicted molar refractivity (Wildman–Crippen MR) is 126 cm³/mol. The Morgan fingerprint density at radius 3 is 2.44 bits per heavy atom. The molecule has 3 aromatic rings. The third kappa shape index (κ3) is 4.79. The van der Waals surface area contributed by atoms with E-state index in [2.05, 4.69) is 0 Å². The molecule has 1 amide bonds. The fourth-order valence-corrected chi connectivity index (χ4v) is 5.27. The molecule has 1 atom stereocenters. The van der Waals surface area contributed by atoms with Crippen molar-refractivity contribution in [3.63, 3.8) is 0 Å². The Morgan fingerprint density at radius 2 is 1.75 bits per heavy atom. The van der Waals surface area contributed by atoms with Crippen molar-refractivity contribution in [2.75, 3.05) is 20.1 Å². The van der Waals surface area contributed by atoms with Crippen LogP contribution in [0, 0.1) is 5.92 Å². The van der Waals surface area contributed by atoms with Crippen LogP contribution >= 0.6 is 0 Å². The summed E-state index contributed by atoms with van der Waals surface area (Å²) in [5, 5.41) is 2.26. The molecule has 0 N–H and O–H groups in total. The Morgan fingerprint density at radius 1 is 1.09 bits per heavy atom. The second kappa shape index (κ2) is 9.30. The van der Waals surface area contributed by atoms with Crippen LogP contribution in [-0.2, 0) is 14.8 Å². The first-order chi connectivity index (χ1) is 15.3. The molecule has 1 aromatic heterocycles. The van der Waals surface area contributed by atoms with Crippen molar-refractivity contribution in [1.82, 2.24) is 9.21 Å². The summed E-state index contributed by atoms with van der Waals surface area (Å²) in [5.74, 6) is 0.569. The van der Waals surface area contributed by atoms with Gasteiger partial charge in [-0.25, -0.2) is 8.42 Å². The second-order valence-corrected chi connectivity index (χ2v) is 10.1. The largest absolute Gasteiger partial charge is 0.459 e. The second-order valence-electron chi connectivity index (χ2n) is 8.24. The zero-order valence-electron chi connectivity index (χ0n) is 18.3. The van der Waals surface area contributed by atoms with Crippen molar-refractivity contribution in [2.24, 2.45) is 5.92 Å².